The summed E-state index contributed by atoms with van der Waals surface area (Å²) in [5, 5.41) is 6.38. The lowest BCUT2D eigenvalue weighted by Gasteiger charge is -2.37. The first-order valence-corrected chi connectivity index (χ1v) is 8.95. The van der Waals surface area contributed by atoms with Crippen LogP contribution in [0.5, 0.6) is 5.75 Å². The molecule has 0 unspecified atom stereocenters. The average Bonchev–Trinajstić information content (AvgIpc) is 3.09. The van der Waals surface area contributed by atoms with E-state index in [1.165, 1.54) is 12.1 Å². The fourth-order valence-electron chi connectivity index (χ4n) is 4.28. The minimum absolute atomic E-state index is 0.0391. The zero-order valence-electron chi connectivity index (χ0n) is 15.2. The van der Waals surface area contributed by atoms with Gasteiger partial charge in [0.1, 0.15) is 5.75 Å². The topological polar surface area (TPSA) is 36.5 Å². The number of fused-ring (bicyclic) bond motifs is 3. The maximum atomic E-state index is 13.3. The van der Waals surface area contributed by atoms with Crippen LogP contribution in [0.15, 0.2) is 36.4 Å². The smallest absolute Gasteiger partial charge is 0.418 e. The third-order valence-corrected chi connectivity index (χ3v) is 5.47. The molecule has 2 N–H and O–H groups in total. The molecule has 2 aliphatic rings. The number of hydrogen-bond acceptors (Lipinski definition) is 4. The van der Waals surface area contributed by atoms with Crippen LogP contribution >= 0.6 is 0 Å². The second kappa shape index (κ2) is 6.64. The predicted molar refractivity (Wildman–Crippen MR) is 100 cm³/mol. The molecule has 1 fully saturated rings. The first-order valence-electron chi connectivity index (χ1n) is 8.95. The van der Waals surface area contributed by atoms with Crippen molar-refractivity contribution in [2.24, 2.45) is 5.92 Å². The minimum atomic E-state index is -4.41. The van der Waals surface area contributed by atoms with Gasteiger partial charge in [-0.05, 0) is 29.7 Å². The Morgan fingerprint density at radius 1 is 1.19 bits per heavy atom. The van der Waals surface area contributed by atoms with Gasteiger partial charge in [0.15, 0.2) is 0 Å². The van der Waals surface area contributed by atoms with E-state index in [-0.39, 0.29) is 5.69 Å². The highest BCUT2D eigenvalue weighted by atomic mass is 19.4. The number of nitrogens with one attached hydrogen (secondary N) is 2. The summed E-state index contributed by atoms with van der Waals surface area (Å²) in [5.74, 6) is 1.50. The summed E-state index contributed by atoms with van der Waals surface area (Å²) in [6.45, 7) is 2.76. The number of nitrogens with zero attached hydrogens (tertiary/aromatic N) is 1. The van der Waals surface area contributed by atoms with Crippen LogP contribution in [0.3, 0.4) is 0 Å². The molecule has 0 spiro atoms. The first-order chi connectivity index (χ1) is 12.9. The standard InChI is InChI=1S/C20H22F3N3O/c1-26-11-12-9-24-10-15(12)14-7-13(8-18(27-2)19(14)26)25-17-6-4-3-5-16(17)20(21,22)23/h3-8,12,15,24-25H,9-11H2,1-2H3/t12-,15-/m0/s1. The van der Waals surface area contributed by atoms with E-state index in [0.717, 1.165) is 37.0 Å². The Morgan fingerprint density at radius 3 is 2.70 bits per heavy atom. The van der Waals surface area contributed by atoms with Crippen molar-refractivity contribution in [3.05, 3.63) is 47.5 Å². The van der Waals surface area contributed by atoms with E-state index in [4.69, 9.17) is 4.74 Å². The predicted octanol–water partition coefficient (Wildman–Crippen LogP) is 4.21. The quantitative estimate of drug-likeness (QED) is 0.840. The lowest BCUT2D eigenvalue weighted by atomic mass is 9.83. The van der Waals surface area contributed by atoms with E-state index in [1.54, 1.807) is 19.2 Å². The molecule has 0 aliphatic carbocycles. The third kappa shape index (κ3) is 3.20. The molecule has 0 radical (unpaired) electrons. The number of hydrogen-bond donors (Lipinski definition) is 2. The molecular formula is C20H22F3N3O. The van der Waals surface area contributed by atoms with Crippen molar-refractivity contribution in [3.8, 4) is 5.75 Å². The maximum absolute atomic E-state index is 13.3. The number of methoxy groups -OCH3 is 1. The highest BCUT2D eigenvalue weighted by Crippen LogP contribution is 2.47. The molecule has 2 heterocycles. The van der Waals surface area contributed by atoms with Crippen molar-refractivity contribution < 1.29 is 17.9 Å². The summed E-state index contributed by atoms with van der Waals surface area (Å²) in [5.41, 5.74) is 2.10. The van der Waals surface area contributed by atoms with Crippen LogP contribution in [-0.2, 0) is 6.18 Å². The van der Waals surface area contributed by atoms with Gasteiger partial charge in [0.05, 0.1) is 24.0 Å². The highest BCUT2D eigenvalue weighted by Gasteiger charge is 2.38. The SMILES string of the molecule is COc1cc(Nc2ccccc2C(F)(F)F)cc2c1N(C)C[C@@H]1CNC[C@H]21. The maximum Gasteiger partial charge on any atom is 0.418 e. The zero-order chi connectivity index (χ0) is 19.2. The van der Waals surface area contributed by atoms with Gasteiger partial charge in [0.2, 0.25) is 0 Å². The van der Waals surface area contributed by atoms with Crippen LogP contribution in [0.2, 0.25) is 0 Å². The molecule has 0 aromatic heterocycles. The van der Waals surface area contributed by atoms with Crippen molar-refractivity contribution in [3.63, 3.8) is 0 Å². The second-order valence-electron chi connectivity index (χ2n) is 7.19. The Hall–Kier alpha value is -2.41. The first kappa shape index (κ1) is 18.0. The van der Waals surface area contributed by atoms with Crippen LogP contribution in [0.25, 0.3) is 0 Å². The van der Waals surface area contributed by atoms with E-state index < -0.39 is 11.7 Å². The summed E-state index contributed by atoms with van der Waals surface area (Å²) in [6, 6.07) is 9.25. The number of alkyl halides is 3. The number of ether oxygens (including phenoxy) is 1. The summed E-state index contributed by atoms with van der Waals surface area (Å²) < 4.78 is 45.5. The molecule has 144 valence electrons. The zero-order valence-corrected chi connectivity index (χ0v) is 15.2. The van der Waals surface area contributed by atoms with Crippen molar-refractivity contribution in [2.75, 3.05) is 44.0 Å². The van der Waals surface area contributed by atoms with Crippen molar-refractivity contribution in [2.45, 2.75) is 12.1 Å². The molecule has 27 heavy (non-hydrogen) atoms. The molecule has 7 heteroatoms. The molecular weight excluding hydrogens is 355 g/mol. The summed E-state index contributed by atoms with van der Waals surface area (Å²) in [7, 11) is 3.62. The van der Waals surface area contributed by atoms with Gasteiger partial charge in [-0.3, -0.25) is 0 Å². The molecule has 2 aromatic rings. The van der Waals surface area contributed by atoms with Crippen molar-refractivity contribution in [1.29, 1.82) is 0 Å². The lowest BCUT2D eigenvalue weighted by molar-refractivity contribution is -0.136. The fraction of sp³-hybridized carbons (Fsp3) is 0.400. The molecule has 0 saturated carbocycles. The van der Waals surface area contributed by atoms with Crippen LogP contribution in [0.4, 0.5) is 30.2 Å². The number of halogens is 3. The van der Waals surface area contributed by atoms with Crippen LogP contribution < -0.4 is 20.3 Å². The second-order valence-corrected chi connectivity index (χ2v) is 7.19. The Bertz CT molecular complexity index is 853. The van der Waals surface area contributed by atoms with Crippen LogP contribution in [0, 0.1) is 5.92 Å². The van der Waals surface area contributed by atoms with E-state index >= 15 is 0 Å². The van der Waals surface area contributed by atoms with Crippen LogP contribution in [-0.4, -0.2) is 33.8 Å². The fourth-order valence-corrected chi connectivity index (χ4v) is 4.28. The summed E-state index contributed by atoms with van der Waals surface area (Å²) in [4.78, 5) is 2.18. The number of para-hydroxylation sites is 1. The molecule has 1 saturated heterocycles. The van der Waals surface area contributed by atoms with Gasteiger partial charge in [-0.15, -0.1) is 0 Å². The molecule has 0 amide bonds. The summed E-state index contributed by atoms with van der Waals surface area (Å²) >= 11 is 0. The van der Waals surface area contributed by atoms with E-state index in [2.05, 4.69) is 15.5 Å². The average molecular weight is 377 g/mol. The Labute approximate surface area is 156 Å². The van der Waals surface area contributed by atoms with Gasteiger partial charge >= 0.3 is 6.18 Å². The number of anilines is 3. The van der Waals surface area contributed by atoms with Gasteiger partial charge in [-0.25, -0.2) is 0 Å². The molecule has 4 nitrogen and oxygen atoms in total. The molecule has 2 aliphatic heterocycles. The monoisotopic (exact) mass is 377 g/mol. The number of rotatable bonds is 3. The van der Waals surface area contributed by atoms with Crippen molar-refractivity contribution in [1.82, 2.24) is 5.32 Å². The largest absolute Gasteiger partial charge is 0.494 e. The van der Waals surface area contributed by atoms with Crippen molar-refractivity contribution >= 4 is 17.1 Å². The normalized spacial score (nSPS) is 21.6. The summed E-state index contributed by atoms with van der Waals surface area (Å²) in [6.07, 6.45) is -4.41. The Kier molecular flexibility index (Phi) is 4.42. The van der Waals surface area contributed by atoms with Gasteiger partial charge in [0.25, 0.3) is 0 Å². The lowest BCUT2D eigenvalue weighted by Crippen LogP contribution is -2.35. The van der Waals surface area contributed by atoms with E-state index in [9.17, 15) is 13.2 Å². The molecule has 0 bridgehead atoms. The molecule has 4 rings (SSSR count). The van der Waals surface area contributed by atoms with Crippen LogP contribution in [0.1, 0.15) is 17.0 Å². The molecule has 2 aromatic carbocycles. The number of benzene rings is 2. The minimum Gasteiger partial charge on any atom is -0.494 e. The third-order valence-electron chi connectivity index (χ3n) is 5.47. The highest BCUT2D eigenvalue weighted by molar-refractivity contribution is 5.75. The van der Waals surface area contributed by atoms with Gasteiger partial charge < -0.3 is 20.3 Å². The Balaban J connectivity index is 1.77. The van der Waals surface area contributed by atoms with E-state index in [0.29, 0.717) is 23.3 Å². The molecule has 2 atom stereocenters. The van der Waals surface area contributed by atoms with E-state index in [1.807, 2.05) is 13.1 Å². The van der Waals surface area contributed by atoms with Gasteiger partial charge in [0, 0.05) is 44.4 Å². The Morgan fingerprint density at radius 2 is 1.96 bits per heavy atom. The van der Waals surface area contributed by atoms with Gasteiger partial charge in [-0.2, -0.15) is 13.2 Å². The van der Waals surface area contributed by atoms with Gasteiger partial charge in [-0.1, -0.05) is 12.1 Å².